The van der Waals surface area contributed by atoms with Crippen molar-refractivity contribution in [1.82, 2.24) is 10.2 Å². The van der Waals surface area contributed by atoms with Crippen molar-refractivity contribution >= 4 is 50.9 Å². The summed E-state index contributed by atoms with van der Waals surface area (Å²) in [5.74, 6) is -1.34. The van der Waals surface area contributed by atoms with Crippen LogP contribution in [0.25, 0.3) is 5.76 Å². The van der Waals surface area contributed by atoms with E-state index in [0.717, 1.165) is 4.90 Å². The second kappa shape index (κ2) is 15.1. The Kier molecular flexibility index (Phi) is 11.0. The van der Waals surface area contributed by atoms with Crippen LogP contribution in [-0.2, 0) is 41.5 Å². The lowest BCUT2D eigenvalue weighted by atomic mass is 10.1. The molecule has 0 spiro atoms. The smallest absolute Gasteiger partial charge is 0.481 e. The molecule has 5 rings (SSSR count). The van der Waals surface area contributed by atoms with E-state index in [1.54, 1.807) is 24.3 Å². The fraction of sp³-hybridized carbons (Fsp3) is 0.296. The summed E-state index contributed by atoms with van der Waals surface area (Å²) in [5, 5.41) is 36.3. The number of para-hydroxylation sites is 2. The van der Waals surface area contributed by atoms with E-state index in [-0.39, 0.29) is 22.6 Å². The van der Waals surface area contributed by atoms with Crippen LogP contribution >= 0.6 is 15.6 Å². The van der Waals surface area contributed by atoms with Gasteiger partial charge in [0, 0.05) is 23.5 Å². The normalized spacial score (nSPS) is 25.1. The Morgan fingerprint density at radius 1 is 1.06 bits per heavy atom. The molecule has 0 saturated carbocycles. The van der Waals surface area contributed by atoms with Gasteiger partial charge in [0.1, 0.15) is 18.0 Å². The number of hydrogen-bond acceptors (Lipinski definition) is 14. The van der Waals surface area contributed by atoms with Gasteiger partial charge in [-0.3, -0.25) is 39.5 Å². The van der Waals surface area contributed by atoms with E-state index in [1.165, 1.54) is 42.6 Å². The number of phosphoric acid groups is 2. The number of carboxylic acid groups (broad SMARTS) is 1. The van der Waals surface area contributed by atoms with Gasteiger partial charge in [-0.2, -0.15) is 4.31 Å². The summed E-state index contributed by atoms with van der Waals surface area (Å²) in [5.41, 5.74) is 0.417. The van der Waals surface area contributed by atoms with E-state index < -0.39 is 89.1 Å². The SMILES string of the molecule is O=C(O)CCOP(=O)(O)OP(=O)(O)OC[C@H]1O[C@@H](N2C=C3C=C(c4ccccc4[N+](=O)[O-])OC3NC2=O)C(OC(=O)Nc2ccccc2)C1O. The molecular formula is C27H28N4O17P2. The van der Waals surface area contributed by atoms with Crippen molar-refractivity contribution in [3.63, 3.8) is 0 Å². The molecule has 3 aliphatic heterocycles. The number of carboxylic acids is 1. The maximum Gasteiger partial charge on any atom is 0.481 e. The molecule has 5 unspecified atom stereocenters. The molecule has 2 aromatic carbocycles. The van der Waals surface area contributed by atoms with E-state index in [1.807, 2.05) is 0 Å². The summed E-state index contributed by atoms with van der Waals surface area (Å²) in [7, 11) is -10.8. The lowest BCUT2D eigenvalue weighted by molar-refractivity contribution is -0.385. The number of anilines is 1. The third kappa shape index (κ3) is 8.90. The minimum absolute atomic E-state index is 0.0520. The van der Waals surface area contributed by atoms with E-state index in [2.05, 4.69) is 19.5 Å². The molecule has 6 N–H and O–H groups in total. The number of benzene rings is 2. The van der Waals surface area contributed by atoms with Gasteiger partial charge in [0.25, 0.3) is 5.69 Å². The van der Waals surface area contributed by atoms with Gasteiger partial charge in [0.05, 0.1) is 30.1 Å². The van der Waals surface area contributed by atoms with Gasteiger partial charge in [-0.05, 0) is 24.3 Å². The van der Waals surface area contributed by atoms with Crippen molar-refractivity contribution in [3.8, 4) is 0 Å². The number of rotatable bonds is 14. The molecule has 1 fully saturated rings. The molecule has 3 heterocycles. The predicted molar refractivity (Wildman–Crippen MR) is 164 cm³/mol. The van der Waals surface area contributed by atoms with Crippen LogP contribution in [-0.4, -0.2) is 91.9 Å². The molecule has 0 radical (unpaired) electrons. The number of aliphatic hydroxyl groups is 1. The van der Waals surface area contributed by atoms with Gasteiger partial charge in [-0.25, -0.2) is 18.7 Å². The second-order valence-electron chi connectivity index (χ2n) is 10.5. The first-order valence-corrected chi connectivity index (χ1v) is 17.3. The number of nitrogens with one attached hydrogen (secondary N) is 2. The summed E-state index contributed by atoms with van der Waals surface area (Å²) in [6.07, 6.45) is -7.15. The van der Waals surface area contributed by atoms with Crippen LogP contribution in [0.1, 0.15) is 12.0 Å². The number of nitro benzene ring substituents is 1. The molecule has 23 heteroatoms. The second-order valence-corrected chi connectivity index (χ2v) is 13.5. The summed E-state index contributed by atoms with van der Waals surface area (Å²) < 4.78 is 54.5. The highest BCUT2D eigenvalue weighted by Gasteiger charge is 2.52. The highest BCUT2D eigenvalue weighted by molar-refractivity contribution is 7.61. The van der Waals surface area contributed by atoms with Crippen LogP contribution in [0.3, 0.4) is 0 Å². The third-order valence-corrected chi connectivity index (χ3v) is 9.65. The van der Waals surface area contributed by atoms with Crippen LogP contribution in [0, 0.1) is 10.1 Å². The maximum atomic E-state index is 13.3. The monoisotopic (exact) mass is 742 g/mol. The number of urea groups is 1. The molecule has 50 heavy (non-hydrogen) atoms. The largest absolute Gasteiger partial charge is 0.481 e. The first-order chi connectivity index (χ1) is 23.6. The van der Waals surface area contributed by atoms with E-state index in [4.69, 9.17) is 23.8 Å². The Morgan fingerprint density at radius 2 is 1.74 bits per heavy atom. The molecule has 21 nitrogen and oxygen atoms in total. The molecule has 0 bridgehead atoms. The van der Waals surface area contributed by atoms with Gasteiger partial charge in [0.15, 0.2) is 12.3 Å². The average Bonchev–Trinajstić information content (AvgIpc) is 3.59. The standard InChI is InChI=1S/C27H28N4O17P2/c32-21(33)10-11-43-49(39,40)48-50(41,42)44-14-20-22(34)23(47-27(36)28-16-6-2-1-3-7-16)25(46-20)30-13-15-12-19(45-24(15)29-26(30)35)17-8-4-5-9-18(17)31(37)38/h1-9,12-13,20,22-25,34H,10-11,14H2,(H,28,36)(H,29,35)(H,32,33)(H,39,40)(H,41,42)/t20-,22?,23?,24?,25-/m1/s1. The number of fused-ring (bicyclic) bond motifs is 1. The van der Waals surface area contributed by atoms with Crippen molar-refractivity contribution in [1.29, 1.82) is 0 Å². The Balaban J connectivity index is 1.36. The van der Waals surface area contributed by atoms with Gasteiger partial charge < -0.3 is 34.2 Å². The van der Waals surface area contributed by atoms with Crippen LogP contribution in [0.5, 0.6) is 0 Å². The molecule has 2 aromatic rings. The van der Waals surface area contributed by atoms with E-state index in [9.17, 15) is 48.5 Å². The number of hydrogen-bond donors (Lipinski definition) is 6. The minimum atomic E-state index is -5.45. The minimum Gasteiger partial charge on any atom is -0.481 e. The number of carbonyl (C=O) groups is 3. The number of carbonyl (C=O) groups excluding carboxylic acids is 2. The van der Waals surface area contributed by atoms with Crippen molar-refractivity contribution < 1.29 is 76.0 Å². The zero-order valence-electron chi connectivity index (χ0n) is 25.2. The van der Waals surface area contributed by atoms with Crippen LogP contribution in [0.2, 0.25) is 0 Å². The van der Waals surface area contributed by atoms with Crippen molar-refractivity contribution in [2.75, 3.05) is 18.5 Å². The molecule has 7 atom stereocenters. The van der Waals surface area contributed by atoms with Crippen LogP contribution in [0.4, 0.5) is 21.0 Å². The van der Waals surface area contributed by atoms with Crippen molar-refractivity contribution in [3.05, 3.63) is 88.1 Å². The van der Waals surface area contributed by atoms with Crippen LogP contribution in [0.15, 0.2) is 72.4 Å². The fourth-order valence-electron chi connectivity index (χ4n) is 4.84. The number of nitro groups is 1. The van der Waals surface area contributed by atoms with Gasteiger partial charge >= 0.3 is 33.7 Å². The molecule has 3 amide bonds. The first-order valence-electron chi connectivity index (χ1n) is 14.3. The summed E-state index contributed by atoms with van der Waals surface area (Å²) in [4.78, 5) is 68.2. The molecule has 1 saturated heterocycles. The zero-order valence-corrected chi connectivity index (χ0v) is 27.0. The Morgan fingerprint density at radius 3 is 2.44 bits per heavy atom. The first kappa shape index (κ1) is 36.6. The summed E-state index contributed by atoms with van der Waals surface area (Å²) >= 11 is 0. The lowest BCUT2D eigenvalue weighted by Crippen LogP contribution is -2.55. The highest BCUT2D eigenvalue weighted by Crippen LogP contribution is 2.60. The molecule has 0 aliphatic carbocycles. The Hall–Kier alpha value is -4.69. The summed E-state index contributed by atoms with van der Waals surface area (Å²) in [6, 6.07) is 12.8. The topological polar surface area (TPSA) is 292 Å². The molecule has 3 aliphatic rings. The quantitative estimate of drug-likeness (QED) is 0.0921. The number of nitrogens with zero attached hydrogens (tertiary/aromatic N) is 2. The molecule has 0 aromatic heterocycles. The summed E-state index contributed by atoms with van der Waals surface area (Å²) in [6.45, 7) is -1.89. The number of aliphatic hydroxyl groups excluding tert-OH is 1. The maximum absolute atomic E-state index is 13.3. The van der Waals surface area contributed by atoms with Gasteiger partial charge in [-0.1, -0.05) is 30.3 Å². The predicted octanol–water partition coefficient (Wildman–Crippen LogP) is 2.63. The number of ether oxygens (including phenoxy) is 3. The lowest BCUT2D eigenvalue weighted by Gasteiger charge is -2.34. The van der Waals surface area contributed by atoms with Gasteiger partial charge in [-0.15, -0.1) is 0 Å². The zero-order chi connectivity index (χ0) is 36.2. The average molecular weight is 742 g/mol. The van der Waals surface area contributed by atoms with Crippen molar-refractivity contribution in [2.24, 2.45) is 0 Å². The fourth-order valence-corrected chi connectivity index (χ4v) is 6.92. The number of phosphoric ester groups is 2. The van der Waals surface area contributed by atoms with E-state index in [0.29, 0.717) is 5.69 Å². The Bertz CT molecular complexity index is 1810. The number of amides is 3. The number of aliphatic carboxylic acids is 1. The highest BCUT2D eigenvalue weighted by atomic mass is 31.3. The molecule has 268 valence electrons. The van der Waals surface area contributed by atoms with Gasteiger partial charge in [0.2, 0.25) is 6.23 Å². The third-order valence-electron chi connectivity index (χ3n) is 7.02. The Labute approximate surface area is 281 Å². The molecular weight excluding hydrogens is 714 g/mol. The van der Waals surface area contributed by atoms with Crippen molar-refractivity contribution in [2.45, 2.75) is 37.2 Å². The van der Waals surface area contributed by atoms with Crippen LogP contribution < -0.4 is 10.6 Å². The van der Waals surface area contributed by atoms with E-state index >= 15 is 0 Å².